The molecule has 1 aliphatic heterocycles. The molecule has 1 atom stereocenters. The summed E-state index contributed by atoms with van der Waals surface area (Å²) in [6.45, 7) is 3.28. The summed E-state index contributed by atoms with van der Waals surface area (Å²) < 4.78 is 11.7. The lowest BCUT2D eigenvalue weighted by Crippen LogP contribution is -2.30. The molecule has 3 rings (SSSR count). The zero-order chi connectivity index (χ0) is 14.8. The van der Waals surface area contributed by atoms with E-state index in [1.165, 1.54) is 11.3 Å². The van der Waals surface area contributed by atoms with Crippen LogP contribution in [0.2, 0.25) is 0 Å². The summed E-state index contributed by atoms with van der Waals surface area (Å²) in [5.41, 5.74) is 1.93. The topological polar surface area (TPSA) is 60.5 Å². The number of hydrogen-bond acceptors (Lipinski definition) is 5. The lowest BCUT2D eigenvalue weighted by molar-refractivity contribution is -0.123. The van der Waals surface area contributed by atoms with Crippen LogP contribution in [0.25, 0.3) is 10.2 Å². The highest BCUT2D eigenvalue weighted by molar-refractivity contribution is 7.22. The predicted octanol–water partition coefficient (Wildman–Crippen LogP) is 2.98. The van der Waals surface area contributed by atoms with Crippen LogP contribution in [0.15, 0.2) is 12.1 Å². The number of aryl methyl sites for hydroxylation is 1. The molecule has 1 fully saturated rings. The van der Waals surface area contributed by atoms with Gasteiger partial charge in [-0.2, -0.15) is 0 Å². The summed E-state index contributed by atoms with van der Waals surface area (Å²) in [5, 5.41) is 3.53. The fourth-order valence-corrected chi connectivity index (χ4v) is 3.44. The molecule has 1 unspecified atom stereocenters. The van der Waals surface area contributed by atoms with Crippen molar-refractivity contribution < 1.29 is 14.3 Å². The van der Waals surface area contributed by atoms with Crippen molar-refractivity contribution in [2.24, 2.45) is 5.92 Å². The molecular formula is C15H18N2O3S. The van der Waals surface area contributed by atoms with E-state index in [9.17, 15) is 4.79 Å². The highest BCUT2D eigenvalue weighted by Crippen LogP contribution is 2.35. The van der Waals surface area contributed by atoms with Gasteiger partial charge in [-0.15, -0.1) is 0 Å². The van der Waals surface area contributed by atoms with Crippen molar-refractivity contribution in [2.75, 3.05) is 25.6 Å². The van der Waals surface area contributed by atoms with Crippen LogP contribution in [0.3, 0.4) is 0 Å². The predicted molar refractivity (Wildman–Crippen MR) is 83.1 cm³/mol. The minimum atomic E-state index is -0.0752. The number of hydrogen-bond donors (Lipinski definition) is 1. The van der Waals surface area contributed by atoms with Crippen molar-refractivity contribution in [1.82, 2.24) is 4.98 Å². The SMILES string of the molecule is COc1ccc(C)c2sc(NC(=O)C3CCCOC3)nc12. The first-order valence-corrected chi connectivity index (χ1v) is 7.83. The van der Waals surface area contributed by atoms with E-state index in [-0.39, 0.29) is 11.8 Å². The number of aromatic nitrogens is 1. The minimum Gasteiger partial charge on any atom is -0.494 e. The van der Waals surface area contributed by atoms with E-state index in [2.05, 4.69) is 10.3 Å². The Morgan fingerprint density at radius 2 is 2.38 bits per heavy atom. The molecule has 1 amide bonds. The Morgan fingerprint density at radius 3 is 3.10 bits per heavy atom. The number of carbonyl (C=O) groups excluding carboxylic acids is 1. The van der Waals surface area contributed by atoms with Gasteiger partial charge in [-0.05, 0) is 31.4 Å². The number of nitrogens with one attached hydrogen (secondary N) is 1. The van der Waals surface area contributed by atoms with Gasteiger partial charge in [0.1, 0.15) is 11.3 Å². The van der Waals surface area contributed by atoms with Gasteiger partial charge in [-0.3, -0.25) is 4.79 Å². The first-order valence-electron chi connectivity index (χ1n) is 7.02. The molecule has 0 radical (unpaired) electrons. The molecule has 6 heteroatoms. The number of methoxy groups -OCH3 is 1. The second-order valence-corrected chi connectivity index (χ2v) is 6.18. The molecule has 112 valence electrons. The summed E-state index contributed by atoms with van der Waals surface area (Å²) in [7, 11) is 1.63. The summed E-state index contributed by atoms with van der Waals surface area (Å²) >= 11 is 1.48. The smallest absolute Gasteiger partial charge is 0.231 e. The van der Waals surface area contributed by atoms with Gasteiger partial charge in [-0.1, -0.05) is 17.4 Å². The Labute approximate surface area is 127 Å². The second-order valence-electron chi connectivity index (χ2n) is 5.18. The lowest BCUT2D eigenvalue weighted by Gasteiger charge is -2.20. The number of carbonyl (C=O) groups is 1. The van der Waals surface area contributed by atoms with Crippen molar-refractivity contribution in [3.63, 3.8) is 0 Å². The highest BCUT2D eigenvalue weighted by Gasteiger charge is 2.23. The number of benzene rings is 1. The summed E-state index contributed by atoms with van der Waals surface area (Å²) in [4.78, 5) is 16.7. The van der Waals surface area contributed by atoms with E-state index < -0.39 is 0 Å². The number of amides is 1. The van der Waals surface area contributed by atoms with Gasteiger partial charge in [0.25, 0.3) is 0 Å². The van der Waals surface area contributed by atoms with Crippen LogP contribution in [0.5, 0.6) is 5.75 Å². The molecule has 2 heterocycles. The fourth-order valence-electron chi connectivity index (χ4n) is 2.48. The number of thiazole rings is 1. The molecule has 0 bridgehead atoms. The molecule has 0 aliphatic carbocycles. The highest BCUT2D eigenvalue weighted by atomic mass is 32.1. The van der Waals surface area contributed by atoms with Gasteiger partial charge in [0.2, 0.25) is 5.91 Å². The van der Waals surface area contributed by atoms with Gasteiger partial charge in [0.05, 0.1) is 24.3 Å². The van der Waals surface area contributed by atoms with Crippen molar-refractivity contribution in [1.29, 1.82) is 0 Å². The van der Waals surface area contributed by atoms with Crippen LogP contribution in [-0.2, 0) is 9.53 Å². The van der Waals surface area contributed by atoms with Gasteiger partial charge in [0, 0.05) is 6.61 Å². The first-order chi connectivity index (χ1) is 10.2. The van der Waals surface area contributed by atoms with Crippen molar-refractivity contribution in [3.8, 4) is 5.75 Å². The van der Waals surface area contributed by atoms with E-state index in [4.69, 9.17) is 9.47 Å². The molecular weight excluding hydrogens is 288 g/mol. The van der Waals surface area contributed by atoms with E-state index in [0.717, 1.165) is 41.0 Å². The Kier molecular flexibility index (Phi) is 4.07. The van der Waals surface area contributed by atoms with E-state index in [1.807, 2.05) is 19.1 Å². The second kappa shape index (κ2) is 5.99. The number of ether oxygens (including phenoxy) is 2. The van der Waals surface area contributed by atoms with Crippen molar-refractivity contribution in [3.05, 3.63) is 17.7 Å². The molecule has 1 saturated heterocycles. The molecule has 0 saturated carbocycles. The molecule has 5 nitrogen and oxygen atoms in total. The minimum absolute atomic E-state index is 0.00891. The molecule has 1 aromatic carbocycles. The summed E-state index contributed by atoms with van der Waals surface area (Å²) in [5.74, 6) is 0.646. The monoisotopic (exact) mass is 306 g/mol. The first kappa shape index (κ1) is 14.3. The Morgan fingerprint density at radius 1 is 1.52 bits per heavy atom. The van der Waals surface area contributed by atoms with Gasteiger partial charge < -0.3 is 14.8 Å². The van der Waals surface area contributed by atoms with Crippen LogP contribution in [0.1, 0.15) is 18.4 Å². The van der Waals surface area contributed by atoms with Gasteiger partial charge in [-0.25, -0.2) is 4.98 Å². The molecule has 21 heavy (non-hydrogen) atoms. The van der Waals surface area contributed by atoms with E-state index in [1.54, 1.807) is 7.11 Å². The lowest BCUT2D eigenvalue weighted by atomic mass is 10.0. The third kappa shape index (κ3) is 2.87. The number of rotatable bonds is 3. The summed E-state index contributed by atoms with van der Waals surface area (Å²) in [6, 6.07) is 3.90. The maximum absolute atomic E-state index is 12.2. The number of anilines is 1. The third-order valence-corrected chi connectivity index (χ3v) is 4.79. The Bertz CT molecular complexity index is 662. The van der Waals surface area contributed by atoms with Gasteiger partial charge >= 0.3 is 0 Å². The summed E-state index contributed by atoms with van der Waals surface area (Å²) in [6.07, 6.45) is 1.81. The Hall–Kier alpha value is -1.66. The maximum Gasteiger partial charge on any atom is 0.231 e. The van der Waals surface area contributed by atoms with Crippen molar-refractivity contribution in [2.45, 2.75) is 19.8 Å². The van der Waals surface area contributed by atoms with Gasteiger partial charge in [0.15, 0.2) is 5.13 Å². The average molecular weight is 306 g/mol. The van der Waals surface area contributed by atoms with Crippen LogP contribution in [0.4, 0.5) is 5.13 Å². The van der Waals surface area contributed by atoms with E-state index in [0.29, 0.717) is 11.7 Å². The third-order valence-electron chi connectivity index (χ3n) is 3.68. The quantitative estimate of drug-likeness (QED) is 0.947. The van der Waals surface area contributed by atoms with Crippen molar-refractivity contribution >= 4 is 32.6 Å². The molecule has 2 aromatic rings. The maximum atomic E-state index is 12.2. The van der Waals surface area contributed by atoms with Crippen LogP contribution >= 0.6 is 11.3 Å². The van der Waals surface area contributed by atoms with Crippen LogP contribution in [0, 0.1) is 12.8 Å². The molecule has 0 spiro atoms. The van der Waals surface area contributed by atoms with Crippen LogP contribution in [-0.4, -0.2) is 31.2 Å². The number of nitrogens with zero attached hydrogens (tertiary/aromatic N) is 1. The molecule has 1 N–H and O–H groups in total. The Balaban J connectivity index is 1.84. The zero-order valence-corrected chi connectivity index (χ0v) is 13.0. The largest absolute Gasteiger partial charge is 0.494 e. The van der Waals surface area contributed by atoms with Crippen LogP contribution < -0.4 is 10.1 Å². The fraction of sp³-hybridized carbons (Fsp3) is 0.467. The number of fused-ring (bicyclic) bond motifs is 1. The zero-order valence-electron chi connectivity index (χ0n) is 12.1. The average Bonchev–Trinajstić information content (AvgIpc) is 2.93. The standard InChI is InChI=1S/C15H18N2O3S/c1-9-5-6-11(19-2)12-13(9)21-15(16-12)17-14(18)10-4-3-7-20-8-10/h5-6,10H,3-4,7-8H2,1-2H3,(H,16,17,18). The normalized spacial score (nSPS) is 18.7. The molecule has 1 aromatic heterocycles. The van der Waals surface area contributed by atoms with E-state index >= 15 is 0 Å². The molecule has 1 aliphatic rings.